The zero-order valence-electron chi connectivity index (χ0n) is 15.6. The highest BCUT2D eigenvalue weighted by atomic mass is 16.5. The number of hydrogen-bond donors (Lipinski definition) is 1. The monoisotopic (exact) mass is 372 g/mol. The molecule has 9 nitrogen and oxygen atoms in total. The third-order valence-electron chi connectivity index (χ3n) is 4.57. The summed E-state index contributed by atoms with van der Waals surface area (Å²) in [4.78, 5) is 26.3. The van der Waals surface area contributed by atoms with Crippen molar-refractivity contribution in [3.8, 4) is 11.4 Å². The van der Waals surface area contributed by atoms with Gasteiger partial charge >= 0.3 is 0 Å². The Morgan fingerprint density at radius 2 is 2.07 bits per heavy atom. The summed E-state index contributed by atoms with van der Waals surface area (Å²) in [6, 6.07) is 5.23. The van der Waals surface area contributed by atoms with E-state index >= 15 is 0 Å². The van der Waals surface area contributed by atoms with E-state index in [1.807, 2.05) is 0 Å². The predicted molar refractivity (Wildman–Crippen MR) is 98.7 cm³/mol. The second-order valence-electron chi connectivity index (χ2n) is 6.55. The maximum atomic E-state index is 12.5. The van der Waals surface area contributed by atoms with Crippen molar-refractivity contribution in [2.45, 2.75) is 39.0 Å². The number of nitrogens with one attached hydrogen (secondary N) is 1. The third-order valence-corrected chi connectivity index (χ3v) is 4.57. The maximum Gasteiger partial charge on any atom is 0.243 e. The minimum Gasteiger partial charge on any atom is -0.494 e. The van der Waals surface area contributed by atoms with E-state index in [0.717, 1.165) is 25.7 Å². The van der Waals surface area contributed by atoms with E-state index in [1.54, 1.807) is 37.1 Å². The first kappa shape index (κ1) is 18.8. The lowest BCUT2D eigenvalue weighted by atomic mass is 10.1. The summed E-state index contributed by atoms with van der Waals surface area (Å²) in [6.45, 7) is 2.46. The second-order valence-corrected chi connectivity index (χ2v) is 6.55. The van der Waals surface area contributed by atoms with Crippen LogP contribution < -0.4 is 10.1 Å². The van der Waals surface area contributed by atoms with Gasteiger partial charge in [-0.25, -0.2) is 0 Å². The summed E-state index contributed by atoms with van der Waals surface area (Å²) in [5.74, 6) is 1.00. The number of amides is 2. The lowest BCUT2D eigenvalue weighted by Crippen LogP contribution is -2.39. The highest BCUT2D eigenvalue weighted by Gasteiger charge is 2.19. The van der Waals surface area contributed by atoms with E-state index in [9.17, 15) is 9.59 Å². The minimum absolute atomic E-state index is 0.0459. The van der Waals surface area contributed by atoms with E-state index in [4.69, 9.17) is 4.74 Å². The fourth-order valence-corrected chi connectivity index (χ4v) is 3.14. The van der Waals surface area contributed by atoms with Crippen LogP contribution >= 0.6 is 0 Å². The molecule has 0 spiro atoms. The summed E-state index contributed by atoms with van der Waals surface area (Å²) in [7, 11) is 1.56. The van der Waals surface area contributed by atoms with Crippen LogP contribution in [0.15, 0.2) is 18.2 Å². The molecule has 0 atom stereocenters. The normalized spacial score (nSPS) is 15.2. The predicted octanol–water partition coefficient (Wildman–Crippen LogP) is 1.71. The lowest BCUT2D eigenvalue weighted by molar-refractivity contribution is -0.135. The van der Waals surface area contributed by atoms with Gasteiger partial charge in [0.1, 0.15) is 11.4 Å². The fraction of sp³-hybridized carbons (Fsp3) is 0.500. The molecule has 1 N–H and O–H groups in total. The molecule has 9 heteroatoms. The number of aromatic nitrogens is 4. The van der Waals surface area contributed by atoms with Crippen LogP contribution in [-0.2, 0) is 9.59 Å². The number of hydrogen-bond acceptors (Lipinski definition) is 6. The van der Waals surface area contributed by atoms with Gasteiger partial charge in [0, 0.05) is 18.7 Å². The van der Waals surface area contributed by atoms with Gasteiger partial charge in [0.2, 0.25) is 11.8 Å². The number of anilines is 1. The van der Waals surface area contributed by atoms with Crippen molar-refractivity contribution in [1.82, 2.24) is 25.1 Å². The number of methoxy groups -OCH3 is 1. The highest BCUT2D eigenvalue weighted by Crippen LogP contribution is 2.26. The Labute approximate surface area is 157 Å². The van der Waals surface area contributed by atoms with Crippen molar-refractivity contribution in [3.63, 3.8) is 0 Å². The smallest absolute Gasteiger partial charge is 0.243 e. The Hall–Kier alpha value is -2.97. The summed E-state index contributed by atoms with van der Waals surface area (Å²) >= 11 is 0. The Morgan fingerprint density at radius 1 is 1.26 bits per heavy atom. The molecule has 0 radical (unpaired) electrons. The van der Waals surface area contributed by atoms with Crippen LogP contribution in [0.5, 0.6) is 5.75 Å². The Morgan fingerprint density at radius 3 is 2.81 bits per heavy atom. The van der Waals surface area contributed by atoms with Crippen molar-refractivity contribution in [2.75, 3.05) is 25.5 Å². The van der Waals surface area contributed by atoms with E-state index in [0.29, 0.717) is 35.9 Å². The number of nitrogens with zero attached hydrogens (tertiary/aromatic N) is 5. The lowest BCUT2D eigenvalue weighted by Gasteiger charge is -2.24. The van der Waals surface area contributed by atoms with Gasteiger partial charge < -0.3 is 15.0 Å². The standard InChI is InChI=1S/C18H24N6O3/c1-13-20-21-22-24(13)15-11-14(8-9-16(15)27-2)19-17(25)12-23-10-6-4-3-5-7-18(23)26/h8-9,11H,3-7,10,12H2,1-2H3,(H,19,25). The van der Waals surface area contributed by atoms with Crippen molar-refractivity contribution in [2.24, 2.45) is 0 Å². The van der Waals surface area contributed by atoms with Gasteiger partial charge in [-0.15, -0.1) is 5.10 Å². The number of likely N-dealkylation sites (tertiary alicyclic amines) is 1. The molecule has 0 saturated carbocycles. The van der Waals surface area contributed by atoms with E-state index in [1.165, 1.54) is 4.68 Å². The molecule has 27 heavy (non-hydrogen) atoms. The molecular formula is C18H24N6O3. The molecule has 0 bridgehead atoms. The van der Waals surface area contributed by atoms with Crippen LogP contribution in [0.25, 0.3) is 5.69 Å². The van der Waals surface area contributed by atoms with E-state index in [2.05, 4.69) is 20.8 Å². The fourth-order valence-electron chi connectivity index (χ4n) is 3.14. The van der Waals surface area contributed by atoms with Crippen molar-refractivity contribution < 1.29 is 14.3 Å². The Bertz CT molecular complexity index is 819. The summed E-state index contributed by atoms with van der Waals surface area (Å²) in [5, 5.41) is 14.3. The van der Waals surface area contributed by atoms with Crippen molar-refractivity contribution >= 4 is 17.5 Å². The van der Waals surface area contributed by atoms with Crippen LogP contribution in [0, 0.1) is 6.92 Å². The number of aryl methyl sites for hydroxylation is 1. The number of carbonyl (C=O) groups excluding carboxylic acids is 2. The first-order valence-corrected chi connectivity index (χ1v) is 9.09. The SMILES string of the molecule is COc1ccc(NC(=O)CN2CCCCCCC2=O)cc1-n1nnnc1C. The molecule has 1 aliphatic rings. The van der Waals surface area contributed by atoms with Crippen molar-refractivity contribution in [3.05, 3.63) is 24.0 Å². The molecule has 1 aromatic carbocycles. The van der Waals surface area contributed by atoms with E-state index in [-0.39, 0.29) is 18.4 Å². The minimum atomic E-state index is -0.228. The van der Waals surface area contributed by atoms with Gasteiger partial charge in [-0.3, -0.25) is 9.59 Å². The number of carbonyl (C=O) groups is 2. The van der Waals surface area contributed by atoms with Gasteiger partial charge in [0.15, 0.2) is 5.82 Å². The molecule has 2 amide bonds. The van der Waals surface area contributed by atoms with Gasteiger partial charge in [0.05, 0.1) is 13.7 Å². The molecule has 1 aliphatic heterocycles. The third kappa shape index (κ3) is 4.60. The maximum absolute atomic E-state index is 12.5. The summed E-state index contributed by atoms with van der Waals surface area (Å²) < 4.78 is 6.90. The quantitative estimate of drug-likeness (QED) is 0.857. The molecule has 0 aliphatic carbocycles. The van der Waals surface area contributed by atoms with Crippen LogP contribution in [0.3, 0.4) is 0 Å². The molecule has 0 unspecified atom stereocenters. The average Bonchev–Trinajstić information content (AvgIpc) is 3.07. The number of ether oxygens (including phenoxy) is 1. The van der Waals surface area contributed by atoms with Gasteiger partial charge in [-0.1, -0.05) is 12.8 Å². The molecule has 3 rings (SSSR count). The Kier molecular flexibility index (Phi) is 6.00. The van der Waals surface area contributed by atoms with E-state index < -0.39 is 0 Å². The highest BCUT2D eigenvalue weighted by molar-refractivity contribution is 5.94. The van der Waals surface area contributed by atoms with Crippen LogP contribution in [-0.4, -0.2) is 57.1 Å². The van der Waals surface area contributed by atoms with Crippen LogP contribution in [0.4, 0.5) is 5.69 Å². The molecular weight excluding hydrogens is 348 g/mol. The summed E-state index contributed by atoms with van der Waals surface area (Å²) in [6.07, 6.45) is 4.52. The zero-order valence-corrected chi connectivity index (χ0v) is 15.6. The number of tetrazole rings is 1. The van der Waals surface area contributed by atoms with Crippen LogP contribution in [0.2, 0.25) is 0 Å². The first-order valence-electron chi connectivity index (χ1n) is 9.09. The number of rotatable bonds is 5. The molecule has 1 fully saturated rings. The van der Waals surface area contributed by atoms with Crippen LogP contribution in [0.1, 0.15) is 37.9 Å². The van der Waals surface area contributed by atoms with Gasteiger partial charge in [-0.05, 0) is 48.4 Å². The Balaban J connectivity index is 1.72. The molecule has 1 aromatic heterocycles. The number of benzene rings is 1. The largest absolute Gasteiger partial charge is 0.494 e. The molecule has 144 valence electrons. The average molecular weight is 372 g/mol. The van der Waals surface area contributed by atoms with Crippen molar-refractivity contribution in [1.29, 1.82) is 0 Å². The second kappa shape index (κ2) is 8.61. The summed E-state index contributed by atoms with van der Waals surface area (Å²) in [5.41, 5.74) is 1.21. The molecule has 2 aromatic rings. The zero-order chi connectivity index (χ0) is 19.2. The van der Waals surface area contributed by atoms with Gasteiger partial charge in [-0.2, -0.15) is 4.68 Å². The van der Waals surface area contributed by atoms with Gasteiger partial charge in [0.25, 0.3) is 0 Å². The molecule has 1 saturated heterocycles. The first-order chi connectivity index (χ1) is 13.1. The topological polar surface area (TPSA) is 102 Å². The molecule has 2 heterocycles.